The van der Waals surface area contributed by atoms with E-state index in [4.69, 9.17) is 4.74 Å². The number of amides is 1. The SMILES string of the molecule is C=C/C=C(\C=C)CCC(=O)N1CCC(O)(Cn2cnc(N3CCC4(CCOC4)C3)cc2=O)CC1. The first-order chi connectivity index (χ1) is 16.4. The van der Waals surface area contributed by atoms with Gasteiger partial charge in [-0.25, -0.2) is 4.98 Å². The second-order valence-electron chi connectivity index (χ2n) is 9.97. The second-order valence-corrected chi connectivity index (χ2v) is 9.97. The topological polar surface area (TPSA) is 87.9 Å². The van der Waals surface area contributed by atoms with E-state index in [1.807, 2.05) is 6.08 Å². The Hall–Kier alpha value is -2.71. The molecule has 0 aliphatic carbocycles. The van der Waals surface area contributed by atoms with Gasteiger partial charge in [0.25, 0.3) is 5.56 Å². The zero-order valence-electron chi connectivity index (χ0n) is 20.0. The van der Waals surface area contributed by atoms with Crippen LogP contribution in [0, 0.1) is 5.41 Å². The van der Waals surface area contributed by atoms with Crippen molar-refractivity contribution in [2.75, 3.05) is 44.3 Å². The van der Waals surface area contributed by atoms with Gasteiger partial charge in [-0.3, -0.25) is 14.2 Å². The quantitative estimate of drug-likeness (QED) is 0.589. The summed E-state index contributed by atoms with van der Waals surface area (Å²) in [5.74, 6) is 0.764. The molecule has 0 saturated carbocycles. The third kappa shape index (κ3) is 5.50. The van der Waals surface area contributed by atoms with Crippen LogP contribution in [0.4, 0.5) is 5.82 Å². The van der Waals surface area contributed by atoms with Gasteiger partial charge >= 0.3 is 0 Å². The molecule has 3 aliphatic heterocycles. The molecule has 1 N–H and O–H groups in total. The van der Waals surface area contributed by atoms with Gasteiger partial charge in [-0.1, -0.05) is 31.4 Å². The number of hydrogen-bond donors (Lipinski definition) is 1. The maximum Gasteiger partial charge on any atom is 0.255 e. The number of aliphatic hydroxyl groups is 1. The van der Waals surface area contributed by atoms with Crippen LogP contribution in [-0.4, -0.2) is 70.5 Å². The highest BCUT2D eigenvalue weighted by Gasteiger charge is 2.42. The van der Waals surface area contributed by atoms with Crippen molar-refractivity contribution in [3.05, 3.63) is 59.7 Å². The zero-order chi connectivity index (χ0) is 24.2. The number of piperidine rings is 1. The summed E-state index contributed by atoms with van der Waals surface area (Å²) in [6.45, 7) is 11.9. The Balaban J connectivity index is 1.31. The van der Waals surface area contributed by atoms with Crippen LogP contribution in [-0.2, 0) is 16.1 Å². The van der Waals surface area contributed by atoms with Crippen molar-refractivity contribution < 1.29 is 14.6 Å². The molecule has 3 saturated heterocycles. The fourth-order valence-electron chi connectivity index (χ4n) is 5.27. The Morgan fingerprint density at radius 2 is 1.97 bits per heavy atom. The largest absolute Gasteiger partial charge is 0.388 e. The van der Waals surface area contributed by atoms with Gasteiger partial charge in [0.2, 0.25) is 5.91 Å². The van der Waals surface area contributed by atoms with Crippen LogP contribution in [0.25, 0.3) is 0 Å². The van der Waals surface area contributed by atoms with E-state index in [9.17, 15) is 14.7 Å². The van der Waals surface area contributed by atoms with Crippen molar-refractivity contribution in [3.8, 4) is 0 Å². The van der Waals surface area contributed by atoms with Gasteiger partial charge in [0, 0.05) is 50.7 Å². The molecule has 3 aliphatic rings. The lowest BCUT2D eigenvalue weighted by molar-refractivity contribution is -0.135. The minimum absolute atomic E-state index is 0.0677. The fraction of sp³-hybridized carbons (Fsp3) is 0.577. The Morgan fingerprint density at radius 1 is 1.18 bits per heavy atom. The molecule has 1 amide bonds. The van der Waals surface area contributed by atoms with Gasteiger partial charge in [-0.2, -0.15) is 0 Å². The van der Waals surface area contributed by atoms with E-state index in [0.29, 0.717) is 44.6 Å². The number of aromatic nitrogens is 2. The summed E-state index contributed by atoms with van der Waals surface area (Å²) in [4.78, 5) is 33.9. The van der Waals surface area contributed by atoms with E-state index < -0.39 is 5.60 Å². The van der Waals surface area contributed by atoms with Gasteiger partial charge in [0.15, 0.2) is 0 Å². The Morgan fingerprint density at radius 3 is 2.62 bits per heavy atom. The number of carbonyl (C=O) groups excluding carboxylic acids is 1. The zero-order valence-corrected chi connectivity index (χ0v) is 20.0. The first-order valence-corrected chi connectivity index (χ1v) is 12.2. The van der Waals surface area contributed by atoms with Crippen LogP contribution >= 0.6 is 0 Å². The number of nitrogens with zero attached hydrogens (tertiary/aromatic N) is 4. The molecular formula is C26H36N4O4. The van der Waals surface area contributed by atoms with E-state index in [0.717, 1.165) is 44.7 Å². The third-order valence-electron chi connectivity index (χ3n) is 7.55. The van der Waals surface area contributed by atoms with Crippen molar-refractivity contribution in [1.29, 1.82) is 0 Å². The average Bonchev–Trinajstić information content (AvgIpc) is 3.48. The lowest BCUT2D eigenvalue weighted by Gasteiger charge is -2.38. The molecule has 1 unspecified atom stereocenters. The van der Waals surface area contributed by atoms with Gasteiger partial charge < -0.3 is 19.6 Å². The molecule has 0 bridgehead atoms. The van der Waals surface area contributed by atoms with Gasteiger partial charge in [-0.05, 0) is 37.7 Å². The number of rotatable bonds is 8. The lowest BCUT2D eigenvalue weighted by atomic mass is 9.87. The number of carbonyl (C=O) groups is 1. The predicted molar refractivity (Wildman–Crippen MR) is 132 cm³/mol. The smallest absolute Gasteiger partial charge is 0.255 e. The van der Waals surface area contributed by atoms with Crippen LogP contribution in [0.5, 0.6) is 0 Å². The van der Waals surface area contributed by atoms with E-state index in [2.05, 4.69) is 23.0 Å². The maximum atomic E-state index is 12.8. The molecule has 4 rings (SSSR count). The van der Waals surface area contributed by atoms with E-state index in [-0.39, 0.29) is 23.4 Å². The number of hydrogen-bond acceptors (Lipinski definition) is 6. The van der Waals surface area contributed by atoms with E-state index in [1.54, 1.807) is 29.4 Å². The van der Waals surface area contributed by atoms with Gasteiger partial charge in [-0.15, -0.1) is 0 Å². The van der Waals surface area contributed by atoms with Crippen molar-refractivity contribution in [2.45, 2.75) is 50.7 Å². The molecule has 184 valence electrons. The highest BCUT2D eigenvalue weighted by Crippen LogP contribution is 2.39. The minimum Gasteiger partial charge on any atom is -0.388 e. The molecule has 1 spiro atoms. The molecular weight excluding hydrogens is 432 g/mol. The van der Waals surface area contributed by atoms with Crippen LogP contribution in [0.2, 0.25) is 0 Å². The number of allylic oxidation sites excluding steroid dienone is 4. The van der Waals surface area contributed by atoms with Crippen molar-refractivity contribution in [2.24, 2.45) is 5.41 Å². The maximum absolute atomic E-state index is 12.8. The predicted octanol–water partition coefficient (Wildman–Crippen LogP) is 2.29. The van der Waals surface area contributed by atoms with Crippen LogP contribution in [0.15, 0.2) is 54.1 Å². The summed E-state index contributed by atoms with van der Waals surface area (Å²) in [5, 5.41) is 11.1. The first kappa shape index (κ1) is 24.4. The highest BCUT2D eigenvalue weighted by molar-refractivity contribution is 5.76. The Labute approximate surface area is 201 Å². The second kappa shape index (κ2) is 10.3. The molecule has 34 heavy (non-hydrogen) atoms. The molecule has 4 heterocycles. The molecule has 8 heteroatoms. The van der Waals surface area contributed by atoms with E-state index in [1.165, 1.54) is 4.57 Å². The van der Waals surface area contributed by atoms with Crippen molar-refractivity contribution in [3.63, 3.8) is 0 Å². The molecule has 0 radical (unpaired) electrons. The van der Waals surface area contributed by atoms with Gasteiger partial charge in [0.1, 0.15) is 5.82 Å². The number of anilines is 1. The summed E-state index contributed by atoms with van der Waals surface area (Å²) in [7, 11) is 0. The molecule has 3 fully saturated rings. The van der Waals surface area contributed by atoms with Gasteiger partial charge in [0.05, 0.1) is 25.1 Å². The minimum atomic E-state index is -1.03. The first-order valence-electron chi connectivity index (χ1n) is 12.2. The Kier molecular flexibility index (Phi) is 7.38. The third-order valence-corrected chi connectivity index (χ3v) is 7.55. The lowest BCUT2D eigenvalue weighted by Crippen LogP contribution is -2.49. The van der Waals surface area contributed by atoms with Crippen molar-refractivity contribution >= 4 is 11.7 Å². The Bertz CT molecular complexity index is 1000. The molecule has 0 aromatic carbocycles. The number of likely N-dealkylation sites (tertiary alicyclic amines) is 1. The summed E-state index contributed by atoms with van der Waals surface area (Å²) in [6, 6.07) is 1.57. The van der Waals surface area contributed by atoms with Crippen molar-refractivity contribution in [1.82, 2.24) is 14.5 Å². The molecule has 8 nitrogen and oxygen atoms in total. The monoisotopic (exact) mass is 468 g/mol. The normalized spacial score (nSPS) is 24.6. The summed E-state index contributed by atoms with van der Waals surface area (Å²) >= 11 is 0. The standard InChI is InChI=1S/C26H36N4O4/c1-3-5-21(4-2)6-7-23(31)28-13-9-26(33,10-14-28)18-30-20-27-22(16-24(30)32)29-12-8-25(17-29)11-15-34-19-25/h3-5,16,20,33H,1-2,6-15,17-19H2/b21-5+. The summed E-state index contributed by atoms with van der Waals surface area (Å²) < 4.78 is 7.08. The molecule has 1 atom stereocenters. The fourth-order valence-corrected chi connectivity index (χ4v) is 5.27. The molecule has 1 aromatic rings. The summed E-state index contributed by atoms with van der Waals surface area (Å²) in [5.41, 5.74) is -0.0105. The average molecular weight is 469 g/mol. The summed E-state index contributed by atoms with van der Waals surface area (Å²) in [6.07, 6.45) is 10.8. The number of ether oxygens (including phenoxy) is 1. The van der Waals surface area contributed by atoms with Crippen LogP contribution in [0.1, 0.15) is 38.5 Å². The molecule has 1 aromatic heterocycles. The highest BCUT2D eigenvalue weighted by atomic mass is 16.5. The van der Waals surface area contributed by atoms with Crippen LogP contribution in [0.3, 0.4) is 0 Å². The van der Waals surface area contributed by atoms with Crippen LogP contribution < -0.4 is 10.5 Å². The van der Waals surface area contributed by atoms with E-state index >= 15 is 0 Å².